The van der Waals surface area contributed by atoms with E-state index in [1.54, 1.807) is 0 Å². The molecule has 0 saturated carbocycles. The number of hydrogen-bond donors (Lipinski definition) is 3. The van der Waals surface area contributed by atoms with Crippen molar-refractivity contribution in [3.05, 3.63) is 90.0 Å². The molecule has 0 radical (unpaired) electrons. The van der Waals surface area contributed by atoms with Gasteiger partial charge in [0.15, 0.2) is 5.54 Å². The Morgan fingerprint density at radius 3 is 2.44 bits per heavy atom. The van der Waals surface area contributed by atoms with Gasteiger partial charge in [0, 0.05) is 44.6 Å². The van der Waals surface area contributed by atoms with Crippen LogP contribution < -0.4 is 21.2 Å². The number of nitrogens with one attached hydrogen (secondary N) is 2. The van der Waals surface area contributed by atoms with Crippen LogP contribution in [0.2, 0.25) is 0 Å². The normalized spacial score (nSPS) is 24.5. The number of primary amides is 1. The van der Waals surface area contributed by atoms with Crippen LogP contribution in [-0.4, -0.2) is 54.3 Å². The Hall–Kier alpha value is -3.42. The summed E-state index contributed by atoms with van der Waals surface area (Å²) in [6, 6.07) is 20.4. The molecule has 2 aliphatic heterocycles. The van der Waals surface area contributed by atoms with E-state index in [-0.39, 0.29) is 11.5 Å². The minimum atomic E-state index is -0.994. The Morgan fingerprint density at radius 2 is 1.86 bits per heavy atom. The van der Waals surface area contributed by atoms with Crippen molar-refractivity contribution in [2.45, 2.75) is 38.0 Å². The van der Waals surface area contributed by atoms with E-state index in [0.29, 0.717) is 18.7 Å². The molecular weight excluding hydrogens is 450 g/mol. The maximum Gasteiger partial charge on any atom is 0.252 e. The molecule has 0 bridgehead atoms. The van der Waals surface area contributed by atoms with Gasteiger partial charge in [0.2, 0.25) is 0 Å². The van der Waals surface area contributed by atoms with Crippen LogP contribution in [0, 0.1) is 5.41 Å². The number of ether oxygens (including phenoxy) is 1. The molecule has 2 atom stereocenters. The molecule has 1 aliphatic carbocycles. The molecule has 188 valence electrons. The van der Waals surface area contributed by atoms with E-state index < -0.39 is 11.4 Å². The summed E-state index contributed by atoms with van der Waals surface area (Å²) >= 11 is 0. The fourth-order valence-electron chi connectivity index (χ4n) is 5.31. The fraction of sp³-hybridized carbons (Fsp3) is 0.379. The van der Waals surface area contributed by atoms with Gasteiger partial charge in [-0.1, -0.05) is 67.6 Å². The van der Waals surface area contributed by atoms with Crippen molar-refractivity contribution < 1.29 is 9.53 Å². The summed E-state index contributed by atoms with van der Waals surface area (Å²) in [5, 5.41) is 7.91. The van der Waals surface area contributed by atoms with Crippen LogP contribution in [0.15, 0.2) is 89.6 Å². The average Bonchev–Trinajstić information content (AvgIpc) is 2.86. The monoisotopic (exact) mass is 485 g/mol. The molecule has 36 heavy (non-hydrogen) atoms. The predicted molar refractivity (Wildman–Crippen MR) is 143 cm³/mol. The van der Waals surface area contributed by atoms with E-state index >= 15 is 0 Å². The standard InChI is InChI=1S/C29H35N5O2/c1-2-28(20-34(21-28)17-22-9-5-3-6-10-22)18-31-19-29(27(30)35)26(32-33-29)23-13-15-25(16-14-23)36-24-11-7-4-8-12-24/h3-15,25,31,33H,2,16-21H2,1H3,(H2,30,35). The van der Waals surface area contributed by atoms with Gasteiger partial charge in [-0.2, -0.15) is 5.10 Å². The number of carbonyl (C=O) groups excluding carboxylic acids is 1. The first-order valence-corrected chi connectivity index (χ1v) is 12.7. The van der Waals surface area contributed by atoms with Crippen molar-refractivity contribution in [2.75, 3.05) is 26.2 Å². The smallest absolute Gasteiger partial charge is 0.252 e. The Bertz CT molecular complexity index is 1150. The predicted octanol–water partition coefficient (Wildman–Crippen LogP) is 3.01. The molecule has 2 unspecified atom stereocenters. The summed E-state index contributed by atoms with van der Waals surface area (Å²) in [4.78, 5) is 15.1. The molecule has 2 aromatic carbocycles. The zero-order valence-electron chi connectivity index (χ0n) is 20.8. The highest BCUT2D eigenvalue weighted by atomic mass is 16.5. The Balaban J connectivity index is 1.15. The van der Waals surface area contributed by atoms with Crippen molar-refractivity contribution in [1.82, 2.24) is 15.6 Å². The SMILES string of the molecule is CCC1(CNCC2(C(N)=O)NN=C2C2=CCC(Oc3ccccc3)C=C2)CN(Cc2ccccc2)C1. The van der Waals surface area contributed by atoms with Gasteiger partial charge in [-0.15, -0.1) is 0 Å². The molecular formula is C29H35N5O2. The van der Waals surface area contributed by atoms with Gasteiger partial charge < -0.3 is 15.8 Å². The zero-order chi connectivity index (χ0) is 25.0. The number of amides is 1. The number of carbonyl (C=O) groups is 1. The number of allylic oxidation sites excluding steroid dienone is 1. The summed E-state index contributed by atoms with van der Waals surface area (Å²) in [6.07, 6.45) is 7.82. The van der Waals surface area contributed by atoms with Crippen LogP contribution in [-0.2, 0) is 11.3 Å². The van der Waals surface area contributed by atoms with Gasteiger partial charge in [-0.3, -0.25) is 15.1 Å². The third kappa shape index (κ3) is 4.94. The summed E-state index contributed by atoms with van der Waals surface area (Å²) in [6.45, 7) is 6.55. The molecule has 0 aromatic heterocycles. The lowest BCUT2D eigenvalue weighted by Crippen LogP contribution is -2.71. The summed E-state index contributed by atoms with van der Waals surface area (Å²) < 4.78 is 6.02. The van der Waals surface area contributed by atoms with Gasteiger partial charge in [0.05, 0.1) is 0 Å². The number of likely N-dealkylation sites (tertiary alicyclic amines) is 1. The number of hydrogen-bond acceptors (Lipinski definition) is 6. The van der Waals surface area contributed by atoms with Gasteiger partial charge in [-0.05, 0) is 35.8 Å². The van der Waals surface area contributed by atoms with Crippen LogP contribution in [0.4, 0.5) is 0 Å². The zero-order valence-corrected chi connectivity index (χ0v) is 20.8. The number of para-hydroxylation sites is 1. The highest BCUT2D eigenvalue weighted by Crippen LogP contribution is 2.34. The lowest BCUT2D eigenvalue weighted by molar-refractivity contribution is -0.122. The van der Waals surface area contributed by atoms with E-state index in [1.165, 1.54) is 5.56 Å². The van der Waals surface area contributed by atoms with Crippen molar-refractivity contribution in [3.63, 3.8) is 0 Å². The van der Waals surface area contributed by atoms with Crippen molar-refractivity contribution in [3.8, 4) is 5.75 Å². The fourth-order valence-corrected chi connectivity index (χ4v) is 5.31. The van der Waals surface area contributed by atoms with Crippen molar-refractivity contribution in [2.24, 2.45) is 16.3 Å². The number of benzene rings is 2. The third-order valence-corrected chi connectivity index (χ3v) is 7.56. The highest BCUT2D eigenvalue weighted by molar-refractivity contribution is 6.24. The second-order valence-electron chi connectivity index (χ2n) is 10.2. The molecule has 7 nitrogen and oxygen atoms in total. The van der Waals surface area contributed by atoms with Crippen molar-refractivity contribution in [1.29, 1.82) is 0 Å². The van der Waals surface area contributed by atoms with E-state index in [0.717, 1.165) is 43.9 Å². The molecule has 2 heterocycles. The minimum Gasteiger partial charge on any atom is -0.486 e. The molecule has 1 saturated heterocycles. The molecule has 2 aromatic rings. The first-order valence-electron chi connectivity index (χ1n) is 12.7. The summed E-state index contributed by atoms with van der Waals surface area (Å²) in [7, 11) is 0. The molecule has 7 heteroatoms. The average molecular weight is 486 g/mol. The molecule has 1 fully saturated rings. The maximum absolute atomic E-state index is 12.6. The first kappa shape index (κ1) is 24.3. The number of hydrazone groups is 1. The van der Waals surface area contributed by atoms with Gasteiger partial charge >= 0.3 is 0 Å². The van der Waals surface area contributed by atoms with Crippen LogP contribution >= 0.6 is 0 Å². The number of rotatable bonds is 11. The highest BCUT2D eigenvalue weighted by Gasteiger charge is 2.50. The number of nitrogens with two attached hydrogens (primary N) is 1. The molecule has 4 N–H and O–H groups in total. The molecule has 5 rings (SSSR count). The Morgan fingerprint density at radius 1 is 1.14 bits per heavy atom. The third-order valence-electron chi connectivity index (χ3n) is 7.56. The van der Waals surface area contributed by atoms with E-state index in [1.807, 2.05) is 42.5 Å². The van der Waals surface area contributed by atoms with Crippen LogP contribution in [0.3, 0.4) is 0 Å². The first-order chi connectivity index (χ1) is 17.5. The second-order valence-corrected chi connectivity index (χ2v) is 10.2. The molecule has 1 amide bonds. The summed E-state index contributed by atoms with van der Waals surface area (Å²) in [5.41, 5.74) is 11.0. The van der Waals surface area contributed by atoms with E-state index in [9.17, 15) is 4.79 Å². The maximum atomic E-state index is 12.6. The molecule has 3 aliphatic rings. The van der Waals surface area contributed by atoms with Crippen molar-refractivity contribution >= 4 is 11.6 Å². The summed E-state index contributed by atoms with van der Waals surface area (Å²) in [5.74, 6) is 0.423. The second kappa shape index (κ2) is 10.3. The largest absolute Gasteiger partial charge is 0.486 e. The minimum absolute atomic E-state index is 0.0484. The van der Waals surface area contributed by atoms with Gasteiger partial charge in [0.1, 0.15) is 17.6 Å². The lowest BCUT2D eigenvalue weighted by atomic mass is 9.76. The van der Waals surface area contributed by atoms with E-state index in [4.69, 9.17) is 10.5 Å². The topological polar surface area (TPSA) is 92.0 Å². The van der Waals surface area contributed by atoms with Crippen LogP contribution in [0.1, 0.15) is 25.3 Å². The van der Waals surface area contributed by atoms with Gasteiger partial charge in [0.25, 0.3) is 5.91 Å². The van der Waals surface area contributed by atoms with E-state index in [2.05, 4.69) is 64.1 Å². The number of nitrogens with zero attached hydrogens (tertiary/aromatic N) is 2. The quantitative estimate of drug-likeness (QED) is 0.455. The van der Waals surface area contributed by atoms with Crippen LogP contribution in [0.5, 0.6) is 5.75 Å². The Kier molecular flexibility index (Phi) is 6.94. The lowest BCUT2D eigenvalue weighted by Gasteiger charge is -2.51. The van der Waals surface area contributed by atoms with Gasteiger partial charge in [-0.25, -0.2) is 0 Å². The Labute approximate surface area is 213 Å². The van der Waals surface area contributed by atoms with Crippen LogP contribution in [0.25, 0.3) is 0 Å². The molecule has 0 spiro atoms.